The minimum absolute atomic E-state index is 0.137. The second-order valence-corrected chi connectivity index (χ2v) is 6.39. The first-order chi connectivity index (χ1) is 13.0. The summed E-state index contributed by atoms with van der Waals surface area (Å²) < 4.78 is 18.6. The van der Waals surface area contributed by atoms with Crippen molar-refractivity contribution in [2.24, 2.45) is 0 Å². The van der Waals surface area contributed by atoms with Gasteiger partial charge in [-0.05, 0) is 11.6 Å². The van der Waals surface area contributed by atoms with Crippen molar-refractivity contribution in [1.29, 1.82) is 0 Å². The number of carbonyl (C=O) groups excluding carboxylic acids is 1. The molecule has 2 aromatic carbocycles. The maximum atomic E-state index is 13.3. The van der Waals surface area contributed by atoms with Gasteiger partial charge in [-0.1, -0.05) is 41.7 Å². The third-order valence-corrected chi connectivity index (χ3v) is 4.32. The molecule has 8 nitrogen and oxygen atoms in total. The van der Waals surface area contributed by atoms with Gasteiger partial charge in [0.05, 0.1) is 4.92 Å². The number of ether oxygens (including phenoxy) is 1. The fraction of sp³-hybridized carbons (Fsp3) is 0.118. The first kappa shape index (κ1) is 18.4. The van der Waals surface area contributed by atoms with Crippen molar-refractivity contribution in [1.82, 2.24) is 15.5 Å². The fourth-order valence-electron chi connectivity index (χ4n) is 2.15. The number of halogens is 1. The van der Waals surface area contributed by atoms with Crippen molar-refractivity contribution in [3.8, 4) is 5.75 Å². The Morgan fingerprint density at radius 2 is 2.00 bits per heavy atom. The summed E-state index contributed by atoms with van der Waals surface area (Å²) in [4.78, 5) is 22.4. The van der Waals surface area contributed by atoms with Crippen molar-refractivity contribution in [3.05, 3.63) is 80.0 Å². The normalized spacial score (nSPS) is 10.4. The van der Waals surface area contributed by atoms with Crippen molar-refractivity contribution < 1.29 is 18.8 Å². The van der Waals surface area contributed by atoms with Gasteiger partial charge in [0.2, 0.25) is 5.01 Å². The van der Waals surface area contributed by atoms with Gasteiger partial charge < -0.3 is 10.1 Å². The predicted octanol–water partition coefficient (Wildman–Crippen LogP) is 3.09. The molecule has 0 aliphatic carbocycles. The highest BCUT2D eigenvalue weighted by Crippen LogP contribution is 2.28. The maximum Gasteiger partial charge on any atom is 0.311 e. The molecule has 3 aromatic rings. The Morgan fingerprint density at radius 3 is 2.74 bits per heavy atom. The molecule has 0 bridgehead atoms. The van der Waals surface area contributed by atoms with Gasteiger partial charge in [-0.25, -0.2) is 4.39 Å². The molecule has 0 atom stereocenters. The van der Waals surface area contributed by atoms with Crippen molar-refractivity contribution in [2.45, 2.75) is 13.2 Å². The molecule has 0 fully saturated rings. The summed E-state index contributed by atoms with van der Waals surface area (Å²) in [6.07, 6.45) is 0. The summed E-state index contributed by atoms with van der Waals surface area (Å²) in [5.74, 6) is -1.27. The van der Waals surface area contributed by atoms with Crippen LogP contribution in [0.2, 0.25) is 0 Å². The maximum absolute atomic E-state index is 13.3. The first-order valence-electron chi connectivity index (χ1n) is 7.74. The zero-order chi connectivity index (χ0) is 19.2. The van der Waals surface area contributed by atoms with E-state index >= 15 is 0 Å². The van der Waals surface area contributed by atoms with Crippen LogP contribution < -0.4 is 10.1 Å². The molecule has 1 N–H and O–H groups in total. The van der Waals surface area contributed by atoms with E-state index < -0.39 is 10.7 Å². The minimum atomic E-state index is -0.669. The lowest BCUT2D eigenvalue weighted by molar-refractivity contribution is -0.386. The number of aromatic nitrogens is 2. The molecule has 0 spiro atoms. The van der Waals surface area contributed by atoms with Crippen LogP contribution in [0.1, 0.15) is 20.4 Å². The number of rotatable bonds is 7. The number of carbonyl (C=O) groups is 1. The van der Waals surface area contributed by atoms with Crippen LogP contribution in [0.15, 0.2) is 48.5 Å². The van der Waals surface area contributed by atoms with Gasteiger partial charge >= 0.3 is 5.69 Å². The number of nitrogens with one attached hydrogen (secondary N) is 1. The second-order valence-electron chi connectivity index (χ2n) is 5.33. The third-order valence-electron chi connectivity index (χ3n) is 3.43. The quantitative estimate of drug-likeness (QED) is 0.492. The average molecular weight is 388 g/mol. The Balaban J connectivity index is 1.60. The molecule has 0 aliphatic heterocycles. The number of nitro groups is 1. The second kappa shape index (κ2) is 8.32. The van der Waals surface area contributed by atoms with Crippen LogP contribution in [0.25, 0.3) is 0 Å². The minimum Gasteiger partial charge on any atom is -0.479 e. The number of nitro benzene ring substituents is 1. The Bertz CT molecular complexity index is 965. The highest BCUT2D eigenvalue weighted by molar-refractivity contribution is 7.13. The highest BCUT2D eigenvalue weighted by atomic mass is 32.1. The lowest BCUT2D eigenvalue weighted by atomic mass is 10.2. The topological polar surface area (TPSA) is 107 Å². The Kier molecular flexibility index (Phi) is 5.67. The molecule has 0 unspecified atom stereocenters. The van der Waals surface area contributed by atoms with E-state index in [1.807, 2.05) is 30.3 Å². The van der Waals surface area contributed by atoms with E-state index in [-0.39, 0.29) is 29.0 Å². The SMILES string of the molecule is O=C(NCc1ccccc1)c1nnc(COc2cc(F)ccc2[N+](=O)[O-])s1. The molecular weight excluding hydrogens is 375 g/mol. The molecule has 1 aromatic heterocycles. The van der Waals surface area contributed by atoms with E-state index in [0.29, 0.717) is 11.6 Å². The van der Waals surface area contributed by atoms with E-state index in [1.165, 1.54) is 0 Å². The van der Waals surface area contributed by atoms with Gasteiger partial charge in [-0.2, -0.15) is 0 Å². The lowest BCUT2D eigenvalue weighted by Gasteiger charge is -2.04. The third kappa shape index (κ3) is 4.82. The van der Waals surface area contributed by atoms with Crippen LogP contribution in [0.3, 0.4) is 0 Å². The number of benzene rings is 2. The summed E-state index contributed by atoms with van der Waals surface area (Å²) in [6, 6.07) is 12.3. The molecule has 0 radical (unpaired) electrons. The van der Waals surface area contributed by atoms with Crippen LogP contribution >= 0.6 is 11.3 Å². The van der Waals surface area contributed by atoms with E-state index in [2.05, 4.69) is 15.5 Å². The molecule has 0 aliphatic rings. The van der Waals surface area contributed by atoms with E-state index in [1.54, 1.807) is 0 Å². The molecule has 10 heteroatoms. The zero-order valence-electron chi connectivity index (χ0n) is 13.8. The summed E-state index contributed by atoms with van der Waals surface area (Å²) in [7, 11) is 0. The van der Waals surface area contributed by atoms with Crippen molar-refractivity contribution in [2.75, 3.05) is 0 Å². The van der Waals surface area contributed by atoms with Crippen LogP contribution in [0, 0.1) is 15.9 Å². The monoisotopic (exact) mass is 388 g/mol. The zero-order valence-corrected chi connectivity index (χ0v) is 14.6. The number of amides is 1. The number of hydrogen-bond acceptors (Lipinski definition) is 7. The molecule has 27 heavy (non-hydrogen) atoms. The van der Waals surface area contributed by atoms with Crippen molar-refractivity contribution >= 4 is 22.9 Å². The first-order valence-corrected chi connectivity index (χ1v) is 8.56. The van der Waals surface area contributed by atoms with Crippen LogP contribution in [0.4, 0.5) is 10.1 Å². The Labute approximate surface area is 156 Å². The van der Waals surface area contributed by atoms with E-state index in [4.69, 9.17) is 4.74 Å². The van der Waals surface area contributed by atoms with Crippen LogP contribution in [-0.4, -0.2) is 21.0 Å². The number of hydrogen-bond donors (Lipinski definition) is 1. The van der Waals surface area contributed by atoms with Crippen molar-refractivity contribution in [3.63, 3.8) is 0 Å². The van der Waals surface area contributed by atoms with Crippen LogP contribution in [0.5, 0.6) is 5.75 Å². The molecule has 138 valence electrons. The van der Waals surface area contributed by atoms with E-state index in [9.17, 15) is 19.3 Å². The molecule has 0 saturated carbocycles. The molecule has 3 rings (SSSR count). The van der Waals surface area contributed by atoms with Gasteiger partial charge in [0.15, 0.2) is 10.8 Å². The summed E-state index contributed by atoms with van der Waals surface area (Å²) in [6.45, 7) is 0.175. The summed E-state index contributed by atoms with van der Waals surface area (Å²) in [5.41, 5.74) is 0.582. The van der Waals surface area contributed by atoms with Gasteiger partial charge in [0.25, 0.3) is 5.91 Å². The fourth-order valence-corrected chi connectivity index (χ4v) is 2.82. The molecule has 0 saturated heterocycles. The largest absolute Gasteiger partial charge is 0.479 e. The number of nitrogens with zero attached hydrogens (tertiary/aromatic N) is 3. The standard InChI is InChI=1S/C17H13FN4O4S/c18-12-6-7-13(22(24)25)14(8-12)26-10-15-20-21-17(27-15)16(23)19-9-11-4-2-1-3-5-11/h1-8H,9-10H2,(H,19,23). The lowest BCUT2D eigenvalue weighted by Crippen LogP contribution is -2.22. The predicted molar refractivity (Wildman–Crippen MR) is 94.9 cm³/mol. The van der Waals surface area contributed by atoms with Gasteiger partial charge in [0.1, 0.15) is 12.4 Å². The summed E-state index contributed by atoms with van der Waals surface area (Å²) in [5, 5.41) is 21.8. The summed E-state index contributed by atoms with van der Waals surface area (Å²) >= 11 is 0.991. The van der Waals surface area contributed by atoms with E-state index in [0.717, 1.165) is 35.1 Å². The molecular formula is C17H13FN4O4S. The highest BCUT2D eigenvalue weighted by Gasteiger charge is 2.18. The van der Waals surface area contributed by atoms with Gasteiger partial charge in [-0.3, -0.25) is 14.9 Å². The molecule has 1 heterocycles. The Hall–Kier alpha value is -3.40. The van der Waals surface area contributed by atoms with Gasteiger partial charge in [0, 0.05) is 18.7 Å². The smallest absolute Gasteiger partial charge is 0.311 e. The van der Waals surface area contributed by atoms with Gasteiger partial charge in [-0.15, -0.1) is 10.2 Å². The molecule has 1 amide bonds. The van der Waals surface area contributed by atoms with Crippen LogP contribution in [-0.2, 0) is 13.2 Å². The average Bonchev–Trinajstić information content (AvgIpc) is 3.14. The Morgan fingerprint density at radius 1 is 1.22 bits per heavy atom.